The van der Waals surface area contributed by atoms with E-state index in [1.165, 1.54) is 18.4 Å². The number of carbonyl (C=O) groups is 2. The molecule has 0 aliphatic heterocycles. The van der Waals surface area contributed by atoms with Crippen LogP contribution >= 0.6 is 34.4 Å². The van der Waals surface area contributed by atoms with E-state index >= 15 is 0 Å². The molecule has 0 bridgehead atoms. The quantitative estimate of drug-likeness (QED) is 0.737. The summed E-state index contributed by atoms with van der Waals surface area (Å²) < 4.78 is 6.95. The Morgan fingerprint density at radius 1 is 1.36 bits per heavy atom. The van der Waals surface area contributed by atoms with E-state index in [-0.39, 0.29) is 17.2 Å². The van der Waals surface area contributed by atoms with Gasteiger partial charge in [-0.2, -0.15) is 0 Å². The zero-order chi connectivity index (χ0) is 15.9. The van der Waals surface area contributed by atoms with Crippen LogP contribution in [0.1, 0.15) is 45.9 Å². The van der Waals surface area contributed by atoms with Crippen LogP contribution in [0, 0.1) is 5.41 Å². The fourth-order valence-electron chi connectivity index (χ4n) is 2.70. The third-order valence-electron chi connectivity index (χ3n) is 3.61. The van der Waals surface area contributed by atoms with E-state index < -0.39 is 0 Å². The molecule has 0 saturated carbocycles. The lowest BCUT2D eigenvalue weighted by Gasteiger charge is -2.29. The second kappa shape index (κ2) is 5.83. The van der Waals surface area contributed by atoms with Crippen molar-refractivity contribution in [3.8, 4) is 0 Å². The Morgan fingerprint density at radius 3 is 2.77 bits per heavy atom. The Kier molecular flexibility index (Phi) is 4.18. The Hall–Kier alpha value is -1.11. The minimum Gasteiger partial charge on any atom is -0.465 e. The summed E-state index contributed by atoms with van der Waals surface area (Å²) in [5.41, 5.74) is 1.50. The average molecular weight is 353 g/mol. The maximum absolute atomic E-state index is 12.6. The highest BCUT2D eigenvalue weighted by Crippen LogP contribution is 2.47. The minimum absolute atomic E-state index is 0.112. The van der Waals surface area contributed by atoms with E-state index in [0.29, 0.717) is 11.3 Å². The van der Waals surface area contributed by atoms with Crippen LogP contribution in [0.15, 0.2) is 25.9 Å². The molecule has 1 aliphatic carbocycles. The van der Waals surface area contributed by atoms with Gasteiger partial charge in [0, 0.05) is 12.0 Å². The Labute approximate surface area is 141 Å². The monoisotopic (exact) mass is 352 g/mol. The third-order valence-corrected chi connectivity index (χ3v) is 7.04. The molecule has 0 N–H and O–H groups in total. The molecule has 0 amide bonds. The van der Waals surface area contributed by atoms with Gasteiger partial charge in [-0.25, -0.2) is 4.79 Å². The van der Waals surface area contributed by atoms with Gasteiger partial charge < -0.3 is 4.74 Å². The number of ether oxygens (including phenoxy) is 1. The van der Waals surface area contributed by atoms with Crippen LogP contribution in [0.3, 0.4) is 0 Å². The lowest BCUT2D eigenvalue weighted by atomic mass is 9.74. The summed E-state index contributed by atoms with van der Waals surface area (Å²) in [7, 11) is 1.39. The van der Waals surface area contributed by atoms with Gasteiger partial charge in [-0.1, -0.05) is 31.7 Å². The minimum atomic E-state index is -0.343. The van der Waals surface area contributed by atoms with Crippen LogP contribution in [0.25, 0.3) is 0 Å². The van der Waals surface area contributed by atoms with Gasteiger partial charge in [0.1, 0.15) is 4.88 Å². The van der Waals surface area contributed by atoms with Gasteiger partial charge in [0.05, 0.1) is 15.5 Å². The molecule has 0 radical (unpaired) electrons. The standard InChI is InChI=1S/C16H16O3S3/c1-16(2)7-9-12(10(17)8-16)15(21-11-5-4-6-20-11)22-13(9)14(18)19-3/h4-6H,7-8H2,1-3H3. The molecule has 1 aliphatic rings. The fourth-order valence-corrected chi connectivity index (χ4v) is 6.26. The second-order valence-corrected chi connectivity index (χ2v) is 9.58. The summed E-state index contributed by atoms with van der Waals surface area (Å²) in [5, 5.41) is 2.01. The predicted octanol–water partition coefficient (Wildman–Crippen LogP) is 4.90. The van der Waals surface area contributed by atoms with E-state index in [2.05, 4.69) is 13.8 Å². The molecule has 0 fully saturated rings. The Morgan fingerprint density at radius 2 is 2.14 bits per heavy atom. The number of ketones is 1. The van der Waals surface area contributed by atoms with E-state index in [0.717, 1.165) is 26.0 Å². The van der Waals surface area contributed by atoms with Crippen LogP contribution < -0.4 is 0 Å². The van der Waals surface area contributed by atoms with E-state index in [4.69, 9.17) is 4.74 Å². The number of methoxy groups -OCH3 is 1. The van der Waals surface area contributed by atoms with Crippen molar-refractivity contribution in [3.05, 3.63) is 33.5 Å². The molecule has 6 heteroatoms. The van der Waals surface area contributed by atoms with Crippen molar-refractivity contribution < 1.29 is 14.3 Å². The first kappa shape index (κ1) is 15.8. The molecule has 2 aromatic rings. The Balaban J connectivity index is 2.10. The number of esters is 1. The van der Waals surface area contributed by atoms with E-state index in [1.54, 1.807) is 23.1 Å². The largest absolute Gasteiger partial charge is 0.465 e. The molecular weight excluding hydrogens is 336 g/mol. The molecule has 0 unspecified atom stereocenters. The van der Waals surface area contributed by atoms with Crippen LogP contribution in [0.2, 0.25) is 0 Å². The molecule has 0 spiro atoms. The first-order chi connectivity index (χ1) is 10.4. The smallest absolute Gasteiger partial charge is 0.348 e. The summed E-state index contributed by atoms with van der Waals surface area (Å²) in [5.74, 6) is -0.207. The topological polar surface area (TPSA) is 43.4 Å². The summed E-state index contributed by atoms with van der Waals surface area (Å²) in [6.07, 6.45) is 1.26. The highest BCUT2D eigenvalue weighted by atomic mass is 32.2. The number of Topliss-reactive ketones (excluding diaryl/α,β-unsaturated/α-hetero) is 1. The molecule has 3 rings (SSSR count). The lowest BCUT2D eigenvalue weighted by molar-refractivity contribution is 0.0604. The highest BCUT2D eigenvalue weighted by Gasteiger charge is 2.37. The van der Waals surface area contributed by atoms with Gasteiger partial charge in [0.15, 0.2) is 5.78 Å². The fraction of sp³-hybridized carbons (Fsp3) is 0.375. The molecule has 2 aromatic heterocycles. The van der Waals surface area contributed by atoms with Gasteiger partial charge in [0.2, 0.25) is 0 Å². The Bertz CT molecular complexity index is 726. The number of thiophene rings is 2. The van der Waals surface area contributed by atoms with Crippen molar-refractivity contribution in [3.63, 3.8) is 0 Å². The zero-order valence-corrected chi connectivity index (χ0v) is 15.0. The lowest BCUT2D eigenvalue weighted by Crippen LogP contribution is -2.27. The molecule has 0 atom stereocenters. The first-order valence-electron chi connectivity index (χ1n) is 6.90. The molecule has 3 nitrogen and oxygen atoms in total. The molecule has 0 saturated heterocycles. The van der Waals surface area contributed by atoms with Crippen molar-refractivity contribution in [2.45, 2.75) is 35.1 Å². The van der Waals surface area contributed by atoms with Crippen molar-refractivity contribution in [1.29, 1.82) is 0 Å². The van der Waals surface area contributed by atoms with Crippen LogP contribution in [0.4, 0.5) is 0 Å². The number of rotatable bonds is 3. The van der Waals surface area contributed by atoms with Crippen molar-refractivity contribution in [2.24, 2.45) is 5.41 Å². The maximum atomic E-state index is 12.6. The van der Waals surface area contributed by atoms with Gasteiger partial charge in [-0.15, -0.1) is 22.7 Å². The van der Waals surface area contributed by atoms with Crippen LogP contribution in [-0.2, 0) is 11.2 Å². The number of hydrogen-bond acceptors (Lipinski definition) is 6. The van der Waals surface area contributed by atoms with Crippen molar-refractivity contribution in [2.75, 3.05) is 7.11 Å². The molecular formula is C16H16O3S3. The average Bonchev–Trinajstić information content (AvgIpc) is 3.05. The summed E-state index contributed by atoms with van der Waals surface area (Å²) in [6, 6.07) is 4.01. The maximum Gasteiger partial charge on any atom is 0.348 e. The normalized spacial score (nSPS) is 16.4. The van der Waals surface area contributed by atoms with Crippen molar-refractivity contribution in [1.82, 2.24) is 0 Å². The van der Waals surface area contributed by atoms with E-state index in [9.17, 15) is 9.59 Å². The van der Waals surface area contributed by atoms with Gasteiger partial charge in [-0.3, -0.25) is 4.79 Å². The molecule has 2 heterocycles. The molecule has 22 heavy (non-hydrogen) atoms. The summed E-state index contributed by atoms with van der Waals surface area (Å²) >= 11 is 4.59. The van der Waals surface area contributed by atoms with Crippen LogP contribution in [-0.4, -0.2) is 18.9 Å². The van der Waals surface area contributed by atoms with Crippen LogP contribution in [0.5, 0.6) is 0 Å². The third kappa shape index (κ3) is 2.87. The summed E-state index contributed by atoms with van der Waals surface area (Å²) in [6.45, 7) is 4.14. The highest BCUT2D eigenvalue weighted by molar-refractivity contribution is 8.03. The number of fused-ring (bicyclic) bond motifs is 1. The van der Waals surface area contributed by atoms with Gasteiger partial charge in [0.25, 0.3) is 0 Å². The van der Waals surface area contributed by atoms with E-state index in [1.807, 2.05) is 17.5 Å². The second-order valence-electron chi connectivity index (χ2n) is 6.04. The number of hydrogen-bond donors (Lipinski definition) is 0. The molecule has 0 aromatic carbocycles. The summed E-state index contributed by atoms with van der Waals surface area (Å²) in [4.78, 5) is 25.3. The predicted molar refractivity (Wildman–Crippen MR) is 90.5 cm³/mol. The van der Waals surface area contributed by atoms with Gasteiger partial charge >= 0.3 is 5.97 Å². The first-order valence-corrected chi connectivity index (χ1v) is 9.41. The number of carbonyl (C=O) groups excluding carboxylic acids is 2. The van der Waals surface area contributed by atoms with Gasteiger partial charge in [-0.05, 0) is 28.8 Å². The SMILES string of the molecule is COC(=O)c1sc(Sc2cccs2)c2c1CC(C)(C)CC2=O. The van der Waals surface area contributed by atoms with Crippen molar-refractivity contribution >= 4 is 46.2 Å². The zero-order valence-electron chi connectivity index (χ0n) is 12.6. The molecule has 116 valence electrons.